The van der Waals surface area contributed by atoms with Crippen molar-refractivity contribution in [2.24, 2.45) is 11.8 Å². The van der Waals surface area contributed by atoms with Gasteiger partial charge in [0, 0.05) is 5.92 Å². The van der Waals surface area contributed by atoms with Crippen LogP contribution in [0.15, 0.2) is 30.3 Å². The lowest BCUT2D eigenvalue weighted by atomic mass is 9.77. The van der Waals surface area contributed by atoms with E-state index in [1.807, 2.05) is 6.07 Å². The van der Waals surface area contributed by atoms with E-state index in [1.54, 1.807) is 0 Å². The highest BCUT2D eigenvalue weighted by Crippen LogP contribution is 2.39. The number of nitrogens with one attached hydrogen (secondary N) is 1. The summed E-state index contributed by atoms with van der Waals surface area (Å²) in [6.45, 7) is 0. The maximum Gasteiger partial charge on any atom is 0.223 e. The monoisotopic (exact) mass is 229 g/mol. The van der Waals surface area contributed by atoms with Crippen LogP contribution < -0.4 is 5.32 Å². The van der Waals surface area contributed by atoms with Crippen molar-refractivity contribution in [3.05, 3.63) is 35.9 Å². The average Bonchev–Trinajstić information content (AvgIpc) is 3.10. The van der Waals surface area contributed by atoms with Gasteiger partial charge in [-0.3, -0.25) is 4.79 Å². The van der Waals surface area contributed by atoms with E-state index in [-0.39, 0.29) is 11.9 Å². The summed E-state index contributed by atoms with van der Waals surface area (Å²) in [5, 5.41) is 3.26. The summed E-state index contributed by atoms with van der Waals surface area (Å²) in [4.78, 5) is 11.9. The van der Waals surface area contributed by atoms with Gasteiger partial charge in [0.1, 0.15) is 0 Å². The van der Waals surface area contributed by atoms with Crippen LogP contribution in [-0.2, 0) is 4.79 Å². The Labute approximate surface area is 102 Å². The Kier molecular flexibility index (Phi) is 2.87. The van der Waals surface area contributed by atoms with E-state index in [0.29, 0.717) is 11.8 Å². The summed E-state index contributed by atoms with van der Waals surface area (Å²) in [5.41, 5.74) is 1.27. The van der Waals surface area contributed by atoms with Gasteiger partial charge < -0.3 is 5.32 Å². The second-order valence-electron chi connectivity index (χ2n) is 5.36. The van der Waals surface area contributed by atoms with Gasteiger partial charge in [-0.15, -0.1) is 0 Å². The Hall–Kier alpha value is -1.31. The molecular weight excluding hydrogens is 210 g/mol. The molecule has 0 aromatic heterocycles. The largest absolute Gasteiger partial charge is 0.349 e. The number of carbonyl (C=O) groups excluding carboxylic acids is 1. The highest BCUT2D eigenvalue weighted by Gasteiger charge is 2.35. The highest BCUT2D eigenvalue weighted by atomic mass is 16.2. The van der Waals surface area contributed by atoms with Gasteiger partial charge in [-0.2, -0.15) is 0 Å². The molecule has 0 heterocycles. The number of carbonyl (C=O) groups is 1. The molecule has 1 aromatic rings. The van der Waals surface area contributed by atoms with E-state index in [1.165, 1.54) is 24.8 Å². The van der Waals surface area contributed by atoms with E-state index in [9.17, 15) is 4.79 Å². The predicted molar refractivity (Wildman–Crippen MR) is 67.4 cm³/mol. The second-order valence-corrected chi connectivity index (χ2v) is 5.36. The van der Waals surface area contributed by atoms with Crippen LogP contribution in [0.2, 0.25) is 0 Å². The first kappa shape index (κ1) is 10.8. The average molecular weight is 229 g/mol. The van der Waals surface area contributed by atoms with Gasteiger partial charge >= 0.3 is 0 Å². The minimum absolute atomic E-state index is 0.248. The van der Waals surface area contributed by atoms with Gasteiger partial charge in [-0.25, -0.2) is 0 Å². The first-order chi connectivity index (χ1) is 8.34. The van der Waals surface area contributed by atoms with Crippen LogP contribution in [0.4, 0.5) is 0 Å². The van der Waals surface area contributed by atoms with Crippen molar-refractivity contribution >= 4 is 5.91 Å². The molecular formula is C15H19NO. The van der Waals surface area contributed by atoms with Crippen molar-refractivity contribution < 1.29 is 4.79 Å². The molecule has 2 saturated carbocycles. The normalized spacial score (nSPS) is 21.6. The quantitative estimate of drug-likeness (QED) is 0.844. The highest BCUT2D eigenvalue weighted by molar-refractivity contribution is 5.81. The van der Waals surface area contributed by atoms with Crippen molar-refractivity contribution in [1.82, 2.24) is 5.32 Å². The molecule has 3 rings (SSSR count). The van der Waals surface area contributed by atoms with Crippen molar-refractivity contribution in [3.8, 4) is 0 Å². The smallest absolute Gasteiger partial charge is 0.223 e. The minimum Gasteiger partial charge on any atom is -0.349 e. The van der Waals surface area contributed by atoms with Crippen LogP contribution in [0.3, 0.4) is 0 Å². The number of hydrogen-bond donors (Lipinski definition) is 1. The topological polar surface area (TPSA) is 29.1 Å². The zero-order valence-electron chi connectivity index (χ0n) is 10.1. The zero-order valence-corrected chi connectivity index (χ0v) is 10.1. The minimum atomic E-state index is 0.248. The number of rotatable bonds is 4. The SMILES string of the molecule is O=C(NC(c1ccccc1)C1CCC1)C1CC1. The van der Waals surface area contributed by atoms with Crippen molar-refractivity contribution in [3.63, 3.8) is 0 Å². The van der Waals surface area contributed by atoms with E-state index < -0.39 is 0 Å². The predicted octanol–water partition coefficient (Wildman–Crippen LogP) is 3.05. The Morgan fingerprint density at radius 3 is 2.35 bits per heavy atom. The number of amides is 1. The lowest BCUT2D eigenvalue weighted by molar-refractivity contribution is -0.123. The molecule has 1 atom stereocenters. The molecule has 17 heavy (non-hydrogen) atoms. The summed E-state index contributed by atoms with van der Waals surface area (Å²) in [7, 11) is 0. The molecule has 2 aliphatic carbocycles. The second kappa shape index (κ2) is 4.52. The van der Waals surface area contributed by atoms with Crippen LogP contribution in [0.1, 0.15) is 43.7 Å². The van der Waals surface area contributed by atoms with Gasteiger partial charge in [-0.05, 0) is 37.2 Å². The van der Waals surface area contributed by atoms with Crippen LogP contribution in [0, 0.1) is 11.8 Å². The molecule has 1 N–H and O–H groups in total. The van der Waals surface area contributed by atoms with Crippen molar-refractivity contribution in [1.29, 1.82) is 0 Å². The summed E-state index contributed by atoms with van der Waals surface area (Å²) >= 11 is 0. The maximum atomic E-state index is 11.9. The molecule has 2 fully saturated rings. The summed E-state index contributed by atoms with van der Waals surface area (Å²) < 4.78 is 0. The molecule has 2 heteroatoms. The Balaban J connectivity index is 1.74. The fourth-order valence-corrected chi connectivity index (χ4v) is 2.52. The molecule has 1 unspecified atom stereocenters. The van der Waals surface area contributed by atoms with Crippen LogP contribution in [0.5, 0.6) is 0 Å². The third-order valence-corrected chi connectivity index (χ3v) is 4.03. The van der Waals surface area contributed by atoms with Gasteiger partial charge in [-0.1, -0.05) is 36.8 Å². The third kappa shape index (κ3) is 2.36. The van der Waals surface area contributed by atoms with Crippen LogP contribution in [-0.4, -0.2) is 5.91 Å². The summed E-state index contributed by atoms with van der Waals surface area (Å²) in [6.07, 6.45) is 5.98. The van der Waals surface area contributed by atoms with Crippen molar-refractivity contribution in [2.75, 3.05) is 0 Å². The number of benzene rings is 1. The molecule has 0 saturated heterocycles. The Morgan fingerprint density at radius 1 is 1.12 bits per heavy atom. The third-order valence-electron chi connectivity index (χ3n) is 4.03. The summed E-state index contributed by atoms with van der Waals surface area (Å²) in [6, 6.07) is 10.7. The molecule has 0 aliphatic heterocycles. The van der Waals surface area contributed by atoms with Crippen molar-refractivity contribution in [2.45, 2.75) is 38.1 Å². The first-order valence-corrected chi connectivity index (χ1v) is 6.70. The molecule has 0 spiro atoms. The Bertz CT molecular complexity index is 393. The van der Waals surface area contributed by atoms with E-state index in [4.69, 9.17) is 0 Å². The summed E-state index contributed by atoms with van der Waals surface area (Å²) in [5.74, 6) is 1.23. The van der Waals surface area contributed by atoms with Gasteiger partial charge in [0.2, 0.25) is 5.91 Å². The molecule has 0 bridgehead atoms. The van der Waals surface area contributed by atoms with E-state index in [2.05, 4.69) is 29.6 Å². The lowest BCUT2D eigenvalue weighted by Crippen LogP contribution is -2.36. The van der Waals surface area contributed by atoms with E-state index >= 15 is 0 Å². The van der Waals surface area contributed by atoms with Gasteiger partial charge in [0.05, 0.1) is 6.04 Å². The fraction of sp³-hybridized carbons (Fsp3) is 0.533. The van der Waals surface area contributed by atoms with Gasteiger partial charge in [0.15, 0.2) is 0 Å². The molecule has 2 aliphatic rings. The van der Waals surface area contributed by atoms with E-state index in [0.717, 1.165) is 12.8 Å². The lowest BCUT2D eigenvalue weighted by Gasteiger charge is -2.34. The number of hydrogen-bond acceptors (Lipinski definition) is 1. The zero-order chi connectivity index (χ0) is 11.7. The first-order valence-electron chi connectivity index (χ1n) is 6.70. The maximum absolute atomic E-state index is 11.9. The standard InChI is InChI=1S/C15H19NO/c17-15(13-9-10-13)16-14(12-7-4-8-12)11-5-2-1-3-6-11/h1-3,5-6,12-14H,4,7-10H2,(H,16,17). The Morgan fingerprint density at radius 2 is 1.82 bits per heavy atom. The van der Waals surface area contributed by atoms with Gasteiger partial charge in [0.25, 0.3) is 0 Å². The van der Waals surface area contributed by atoms with Crippen LogP contribution in [0.25, 0.3) is 0 Å². The molecule has 2 nitrogen and oxygen atoms in total. The molecule has 0 radical (unpaired) electrons. The molecule has 1 aromatic carbocycles. The molecule has 90 valence electrons. The van der Waals surface area contributed by atoms with Crippen LogP contribution >= 0.6 is 0 Å². The fourth-order valence-electron chi connectivity index (χ4n) is 2.52. The molecule has 1 amide bonds.